The first-order valence-electron chi connectivity index (χ1n) is 15.5. The highest BCUT2D eigenvalue weighted by molar-refractivity contribution is 6.16. The van der Waals surface area contributed by atoms with E-state index in [-0.39, 0.29) is 0 Å². The second-order valence-electron chi connectivity index (χ2n) is 11.8. The number of nitrogens with zero attached hydrogens (tertiary/aromatic N) is 2. The highest BCUT2D eigenvalue weighted by atomic mass is 15.0. The van der Waals surface area contributed by atoms with Gasteiger partial charge in [0.2, 0.25) is 0 Å². The fraction of sp³-hybridized carbons (Fsp3) is 0.0233. The topological polar surface area (TPSA) is 9.86 Å². The molecule has 0 saturated carbocycles. The molecule has 9 aromatic rings. The van der Waals surface area contributed by atoms with Crippen molar-refractivity contribution in [2.45, 2.75) is 6.92 Å². The zero-order valence-corrected chi connectivity index (χ0v) is 25.0. The number of rotatable bonds is 4. The Morgan fingerprint density at radius 3 is 1.73 bits per heavy atom. The molecule has 0 aliphatic heterocycles. The summed E-state index contributed by atoms with van der Waals surface area (Å²) in [6.07, 6.45) is 0. The standard InChI is InChI=1S/C43H30N2/c1-29-13-11-20-36-35-17-6-9-22-39(35)45(43(29)36)38-21-8-5-16-33(38)30-25-27-31(28-26-30)34-19-12-24-41-42(34)37-18-7-10-23-40(37)44(41)32-14-3-2-4-15-32/h2-28H,1H3. The van der Waals surface area contributed by atoms with Gasteiger partial charge in [-0.05, 0) is 65.6 Å². The maximum atomic E-state index is 2.45. The summed E-state index contributed by atoms with van der Waals surface area (Å²) < 4.78 is 4.83. The van der Waals surface area contributed by atoms with Gasteiger partial charge in [-0.15, -0.1) is 0 Å². The van der Waals surface area contributed by atoms with Crippen LogP contribution in [0.2, 0.25) is 0 Å². The van der Waals surface area contributed by atoms with Gasteiger partial charge < -0.3 is 9.13 Å². The van der Waals surface area contributed by atoms with Crippen molar-refractivity contribution in [1.82, 2.24) is 9.13 Å². The molecule has 0 atom stereocenters. The molecule has 2 heterocycles. The van der Waals surface area contributed by atoms with Crippen LogP contribution in [0, 0.1) is 6.92 Å². The third-order valence-corrected chi connectivity index (χ3v) is 9.26. The monoisotopic (exact) mass is 574 g/mol. The molecule has 0 saturated heterocycles. The van der Waals surface area contributed by atoms with E-state index in [1.807, 2.05) is 0 Å². The van der Waals surface area contributed by atoms with E-state index in [2.05, 4.69) is 180 Å². The summed E-state index contributed by atoms with van der Waals surface area (Å²) in [5.41, 5.74) is 13.5. The normalized spacial score (nSPS) is 11.7. The summed E-state index contributed by atoms with van der Waals surface area (Å²) in [4.78, 5) is 0. The van der Waals surface area contributed by atoms with E-state index in [9.17, 15) is 0 Å². The van der Waals surface area contributed by atoms with Gasteiger partial charge in [0.15, 0.2) is 0 Å². The average Bonchev–Trinajstić information content (AvgIpc) is 3.63. The Morgan fingerprint density at radius 2 is 0.933 bits per heavy atom. The predicted octanol–water partition coefficient (Wildman–Crippen LogP) is 11.5. The van der Waals surface area contributed by atoms with Gasteiger partial charge in [0, 0.05) is 32.8 Å². The predicted molar refractivity (Wildman–Crippen MR) is 191 cm³/mol. The van der Waals surface area contributed by atoms with Crippen molar-refractivity contribution in [3.05, 3.63) is 169 Å². The molecule has 212 valence electrons. The van der Waals surface area contributed by atoms with Crippen LogP contribution < -0.4 is 0 Å². The van der Waals surface area contributed by atoms with E-state index in [1.165, 1.54) is 82.8 Å². The van der Waals surface area contributed by atoms with Crippen molar-refractivity contribution >= 4 is 43.6 Å². The summed E-state index contributed by atoms with van der Waals surface area (Å²) in [7, 11) is 0. The van der Waals surface area contributed by atoms with Crippen LogP contribution >= 0.6 is 0 Å². The van der Waals surface area contributed by atoms with E-state index < -0.39 is 0 Å². The number of aromatic nitrogens is 2. The van der Waals surface area contributed by atoms with Crippen LogP contribution in [0.3, 0.4) is 0 Å². The van der Waals surface area contributed by atoms with Crippen molar-refractivity contribution in [3.63, 3.8) is 0 Å². The number of hydrogen-bond acceptors (Lipinski definition) is 0. The molecular formula is C43H30N2. The van der Waals surface area contributed by atoms with Crippen molar-refractivity contribution in [2.24, 2.45) is 0 Å². The Bertz CT molecular complexity index is 2530. The number of hydrogen-bond donors (Lipinski definition) is 0. The average molecular weight is 575 g/mol. The molecule has 0 bridgehead atoms. The summed E-state index contributed by atoms with van der Waals surface area (Å²) in [6, 6.07) is 59.4. The molecule has 0 aliphatic carbocycles. The van der Waals surface area contributed by atoms with Gasteiger partial charge in [-0.2, -0.15) is 0 Å². The minimum Gasteiger partial charge on any atom is -0.309 e. The zero-order chi connectivity index (χ0) is 29.9. The molecule has 0 unspecified atom stereocenters. The van der Waals surface area contributed by atoms with Gasteiger partial charge in [0.05, 0.1) is 27.8 Å². The maximum Gasteiger partial charge on any atom is 0.0570 e. The lowest BCUT2D eigenvalue weighted by molar-refractivity contribution is 1.17. The fourth-order valence-electron chi connectivity index (χ4n) is 7.30. The maximum absolute atomic E-state index is 2.45. The van der Waals surface area contributed by atoms with E-state index >= 15 is 0 Å². The molecule has 0 amide bonds. The third-order valence-electron chi connectivity index (χ3n) is 9.26. The van der Waals surface area contributed by atoms with Gasteiger partial charge >= 0.3 is 0 Å². The zero-order valence-electron chi connectivity index (χ0n) is 25.0. The minimum atomic E-state index is 1.17. The Kier molecular flexibility index (Phi) is 5.76. The van der Waals surface area contributed by atoms with E-state index in [0.717, 1.165) is 0 Å². The minimum absolute atomic E-state index is 1.17. The van der Waals surface area contributed by atoms with Crippen molar-refractivity contribution in [2.75, 3.05) is 0 Å². The van der Waals surface area contributed by atoms with E-state index in [4.69, 9.17) is 0 Å². The molecule has 7 aromatic carbocycles. The molecule has 0 spiro atoms. The van der Waals surface area contributed by atoms with E-state index in [0.29, 0.717) is 0 Å². The Hall–Kier alpha value is -5.86. The molecule has 2 nitrogen and oxygen atoms in total. The summed E-state index contributed by atoms with van der Waals surface area (Å²) >= 11 is 0. The van der Waals surface area contributed by atoms with E-state index in [1.54, 1.807) is 0 Å². The molecule has 45 heavy (non-hydrogen) atoms. The van der Waals surface area contributed by atoms with Crippen LogP contribution in [0.25, 0.3) is 77.2 Å². The Balaban J connectivity index is 1.22. The van der Waals surface area contributed by atoms with Crippen molar-refractivity contribution in [3.8, 4) is 33.6 Å². The first-order valence-corrected chi connectivity index (χ1v) is 15.5. The first kappa shape index (κ1) is 25.6. The van der Waals surface area contributed by atoms with Gasteiger partial charge in [0.25, 0.3) is 0 Å². The van der Waals surface area contributed by atoms with Gasteiger partial charge in [-0.25, -0.2) is 0 Å². The number of para-hydroxylation sites is 5. The summed E-state index contributed by atoms with van der Waals surface area (Å²) in [5.74, 6) is 0. The quantitative estimate of drug-likeness (QED) is 0.198. The second kappa shape index (κ2) is 10.1. The molecule has 2 heteroatoms. The lowest BCUT2D eigenvalue weighted by Gasteiger charge is -2.15. The molecule has 0 N–H and O–H groups in total. The molecule has 9 rings (SSSR count). The summed E-state index contributed by atoms with van der Waals surface area (Å²) in [5, 5.41) is 5.12. The molecule has 2 aromatic heterocycles. The van der Waals surface area contributed by atoms with Crippen LogP contribution in [0.4, 0.5) is 0 Å². The highest BCUT2D eigenvalue weighted by Crippen LogP contribution is 2.40. The number of aryl methyl sites for hydroxylation is 1. The molecule has 0 fully saturated rings. The van der Waals surface area contributed by atoms with Crippen molar-refractivity contribution in [1.29, 1.82) is 0 Å². The Labute approximate surface area is 262 Å². The van der Waals surface area contributed by atoms with Crippen molar-refractivity contribution < 1.29 is 0 Å². The fourth-order valence-corrected chi connectivity index (χ4v) is 7.30. The van der Waals surface area contributed by atoms with Crippen LogP contribution in [0.15, 0.2) is 164 Å². The van der Waals surface area contributed by atoms with Crippen LogP contribution in [0.5, 0.6) is 0 Å². The molecule has 0 radical (unpaired) electrons. The summed E-state index contributed by atoms with van der Waals surface area (Å²) in [6.45, 7) is 2.21. The van der Waals surface area contributed by atoms with Gasteiger partial charge in [-0.1, -0.05) is 127 Å². The highest BCUT2D eigenvalue weighted by Gasteiger charge is 2.18. The smallest absolute Gasteiger partial charge is 0.0570 e. The lowest BCUT2D eigenvalue weighted by atomic mass is 9.96. The second-order valence-corrected chi connectivity index (χ2v) is 11.8. The first-order chi connectivity index (χ1) is 22.3. The van der Waals surface area contributed by atoms with Crippen LogP contribution in [-0.4, -0.2) is 9.13 Å². The lowest BCUT2D eigenvalue weighted by Crippen LogP contribution is -1.98. The van der Waals surface area contributed by atoms with Gasteiger partial charge in [0.1, 0.15) is 0 Å². The SMILES string of the molecule is Cc1cccc2c3ccccc3n(-c3ccccc3-c3ccc(-c4cccc5c4c4ccccc4n5-c4ccccc4)cc3)c12. The molecular weight excluding hydrogens is 544 g/mol. The molecule has 0 aliphatic rings. The third kappa shape index (κ3) is 3.89. The largest absolute Gasteiger partial charge is 0.309 e. The van der Waals surface area contributed by atoms with Crippen LogP contribution in [0.1, 0.15) is 5.56 Å². The van der Waals surface area contributed by atoms with Crippen LogP contribution in [-0.2, 0) is 0 Å². The van der Waals surface area contributed by atoms with Gasteiger partial charge in [-0.3, -0.25) is 0 Å². The number of fused-ring (bicyclic) bond motifs is 6. The Morgan fingerprint density at radius 1 is 0.378 bits per heavy atom. The number of benzene rings is 7.